The number of anilines is 2. The number of carbonyl (C=O) groups excluding carboxylic acids is 2. The summed E-state index contributed by atoms with van der Waals surface area (Å²) in [7, 11) is 0. The van der Waals surface area contributed by atoms with Gasteiger partial charge in [-0.2, -0.15) is 9.50 Å². The first-order valence-electron chi connectivity index (χ1n) is 12.1. The molecule has 0 unspecified atom stereocenters. The van der Waals surface area contributed by atoms with Gasteiger partial charge in [-0.05, 0) is 61.5 Å². The Balaban J connectivity index is 1.35. The Kier molecular flexibility index (Phi) is 6.34. The second kappa shape index (κ2) is 9.97. The number of fused-ring (bicyclic) bond motifs is 2. The number of hydrogen-bond donors (Lipinski definition) is 1. The fourth-order valence-corrected chi connectivity index (χ4v) is 5.53. The molecular weight excluding hydrogens is 538 g/mol. The van der Waals surface area contributed by atoms with Crippen LogP contribution in [-0.2, 0) is 9.59 Å². The molecule has 3 aromatic carbocycles. The second-order valence-electron chi connectivity index (χ2n) is 8.66. The van der Waals surface area contributed by atoms with Crippen LogP contribution in [0.25, 0.3) is 21.9 Å². The lowest BCUT2D eigenvalue weighted by atomic mass is 10.1. The zero-order valence-electron chi connectivity index (χ0n) is 20.6. The number of hydrogen-bond acceptors (Lipinski definition) is 7. The quantitative estimate of drug-likeness (QED) is 0.341. The van der Waals surface area contributed by atoms with Crippen LogP contribution < -0.4 is 25.0 Å². The van der Waals surface area contributed by atoms with Crippen LogP contribution in [-0.4, -0.2) is 39.6 Å². The number of para-hydroxylation sites is 1. The van der Waals surface area contributed by atoms with Gasteiger partial charge in [0.1, 0.15) is 16.8 Å². The van der Waals surface area contributed by atoms with Gasteiger partial charge >= 0.3 is 0 Å². The van der Waals surface area contributed by atoms with Gasteiger partial charge in [0.05, 0.1) is 17.9 Å². The van der Waals surface area contributed by atoms with Crippen LogP contribution in [0.5, 0.6) is 5.75 Å². The van der Waals surface area contributed by atoms with Crippen molar-refractivity contribution < 1.29 is 14.3 Å². The van der Waals surface area contributed by atoms with Crippen LogP contribution in [0.15, 0.2) is 77.6 Å². The van der Waals surface area contributed by atoms with Gasteiger partial charge in [-0.25, -0.2) is 0 Å². The maximum absolute atomic E-state index is 13.6. The summed E-state index contributed by atoms with van der Waals surface area (Å²) in [6.07, 6.45) is 0. The Morgan fingerprint density at radius 2 is 1.77 bits per heavy atom. The minimum absolute atomic E-state index is 0.223. The number of nitrogens with zero attached hydrogens (tertiary/aromatic N) is 4. The van der Waals surface area contributed by atoms with E-state index in [-0.39, 0.29) is 22.6 Å². The van der Waals surface area contributed by atoms with Crippen molar-refractivity contribution in [2.45, 2.75) is 6.92 Å². The number of thiazole rings is 1. The van der Waals surface area contributed by atoms with Crippen LogP contribution in [0, 0.1) is 0 Å². The Bertz CT molecular complexity index is 1850. The summed E-state index contributed by atoms with van der Waals surface area (Å²) in [5, 5.41) is 7.72. The minimum atomic E-state index is -0.440. The number of benzene rings is 3. The molecule has 0 fully saturated rings. The monoisotopic (exact) mass is 557 g/mol. The van der Waals surface area contributed by atoms with Crippen molar-refractivity contribution in [2.75, 3.05) is 23.4 Å². The molecule has 39 heavy (non-hydrogen) atoms. The summed E-state index contributed by atoms with van der Waals surface area (Å²) >= 11 is 7.01. The molecule has 2 amide bonds. The molecule has 0 saturated heterocycles. The van der Waals surface area contributed by atoms with Gasteiger partial charge < -0.3 is 10.1 Å². The van der Waals surface area contributed by atoms with E-state index in [0.29, 0.717) is 39.4 Å². The van der Waals surface area contributed by atoms with Crippen molar-refractivity contribution in [1.29, 1.82) is 0 Å². The molecule has 6 rings (SSSR count). The maximum Gasteiger partial charge on any atom is 0.291 e. The summed E-state index contributed by atoms with van der Waals surface area (Å²) in [5.41, 5.74) is 2.22. The lowest BCUT2D eigenvalue weighted by Gasteiger charge is -2.16. The highest BCUT2D eigenvalue weighted by Gasteiger charge is 2.35. The maximum atomic E-state index is 13.6. The largest absolute Gasteiger partial charge is 0.494 e. The van der Waals surface area contributed by atoms with E-state index in [0.717, 1.165) is 22.6 Å². The normalized spacial score (nSPS) is 14.1. The van der Waals surface area contributed by atoms with E-state index in [1.807, 2.05) is 31.2 Å². The first kappa shape index (κ1) is 24.8. The van der Waals surface area contributed by atoms with Gasteiger partial charge in [-0.15, -0.1) is 5.10 Å². The number of carbonyl (C=O) groups is 2. The van der Waals surface area contributed by atoms with Crippen molar-refractivity contribution in [3.63, 3.8) is 0 Å². The summed E-state index contributed by atoms with van der Waals surface area (Å²) < 4.78 is 6.91. The number of rotatable bonds is 6. The average molecular weight is 558 g/mol. The lowest BCUT2D eigenvalue weighted by Crippen LogP contribution is -2.37. The molecule has 9 nitrogen and oxygen atoms in total. The highest BCUT2D eigenvalue weighted by Crippen LogP contribution is 2.35. The molecule has 1 aliphatic rings. The van der Waals surface area contributed by atoms with E-state index >= 15 is 0 Å². The van der Waals surface area contributed by atoms with E-state index < -0.39 is 11.5 Å². The molecular formula is C28H20ClN5O4S. The van der Waals surface area contributed by atoms with Crippen molar-refractivity contribution in [3.8, 4) is 17.1 Å². The molecule has 0 bridgehead atoms. The lowest BCUT2D eigenvalue weighted by molar-refractivity contribution is -0.118. The van der Waals surface area contributed by atoms with E-state index in [1.165, 1.54) is 9.42 Å². The third kappa shape index (κ3) is 4.53. The molecule has 1 N–H and O–H groups in total. The van der Waals surface area contributed by atoms with Crippen molar-refractivity contribution in [3.05, 3.63) is 98.3 Å². The van der Waals surface area contributed by atoms with E-state index in [9.17, 15) is 14.4 Å². The van der Waals surface area contributed by atoms with Gasteiger partial charge in [-0.1, -0.05) is 41.1 Å². The third-order valence-electron chi connectivity index (χ3n) is 6.16. The van der Waals surface area contributed by atoms with E-state index in [4.69, 9.17) is 16.3 Å². The van der Waals surface area contributed by atoms with Crippen molar-refractivity contribution in [1.82, 2.24) is 14.6 Å². The van der Waals surface area contributed by atoms with Crippen molar-refractivity contribution >= 4 is 56.7 Å². The minimum Gasteiger partial charge on any atom is -0.494 e. The van der Waals surface area contributed by atoms with E-state index in [1.54, 1.807) is 48.5 Å². The Hall–Kier alpha value is -4.54. The highest BCUT2D eigenvalue weighted by atomic mass is 35.5. The Morgan fingerprint density at radius 3 is 2.49 bits per heavy atom. The standard InChI is InChI=1S/C28H20ClN5O4S/c1-2-38-19-13-7-16(8-14-19)25-31-28-34(32-25)27(37)24(39-28)23-20-5-3-4-6-21(20)33(26(23)36)15-22(35)30-18-11-9-17(29)10-12-18/h3-14H,2,15H2,1H3,(H,30,35)/b24-23-. The SMILES string of the molecule is CCOc1ccc(-c2nc3s/c(=C4\C(=O)N(CC(=O)Nc5ccc(Cl)cc5)c5ccccc54)c(=O)n3n2)cc1. The first-order chi connectivity index (χ1) is 18.9. The molecule has 5 aromatic rings. The summed E-state index contributed by atoms with van der Waals surface area (Å²) in [6, 6.07) is 21.1. The number of ether oxygens (including phenoxy) is 1. The number of aromatic nitrogens is 3. The van der Waals surface area contributed by atoms with Crippen LogP contribution in [0.3, 0.4) is 0 Å². The molecule has 0 saturated carbocycles. The van der Waals surface area contributed by atoms with Gasteiger partial charge in [0, 0.05) is 21.8 Å². The Morgan fingerprint density at radius 1 is 1.03 bits per heavy atom. The molecule has 0 aliphatic carbocycles. The molecule has 11 heteroatoms. The van der Waals surface area contributed by atoms with Gasteiger partial charge in [-0.3, -0.25) is 19.3 Å². The molecule has 0 radical (unpaired) electrons. The molecule has 194 valence electrons. The Labute approximate surface area is 230 Å². The average Bonchev–Trinajstić information content (AvgIpc) is 3.57. The molecule has 1 aliphatic heterocycles. The van der Waals surface area contributed by atoms with Crippen LogP contribution in [0.4, 0.5) is 11.4 Å². The molecule has 2 aromatic heterocycles. The second-order valence-corrected chi connectivity index (χ2v) is 10.1. The smallest absolute Gasteiger partial charge is 0.291 e. The van der Waals surface area contributed by atoms with E-state index in [2.05, 4.69) is 15.4 Å². The van der Waals surface area contributed by atoms with Gasteiger partial charge in [0.2, 0.25) is 10.9 Å². The number of nitrogens with one attached hydrogen (secondary N) is 1. The van der Waals surface area contributed by atoms with Crippen LogP contribution in [0.2, 0.25) is 5.02 Å². The summed E-state index contributed by atoms with van der Waals surface area (Å²) in [5.74, 6) is 0.314. The fourth-order valence-electron chi connectivity index (χ4n) is 4.41. The summed E-state index contributed by atoms with van der Waals surface area (Å²) in [6.45, 7) is 2.25. The highest BCUT2D eigenvalue weighted by molar-refractivity contribution is 7.15. The van der Waals surface area contributed by atoms with Gasteiger partial charge in [0.25, 0.3) is 11.5 Å². The topological polar surface area (TPSA) is 106 Å². The van der Waals surface area contributed by atoms with Gasteiger partial charge in [0.15, 0.2) is 5.82 Å². The number of amides is 2. The molecule has 0 spiro atoms. The third-order valence-corrected chi connectivity index (χ3v) is 7.44. The predicted octanol–water partition coefficient (Wildman–Crippen LogP) is 3.77. The first-order valence-corrected chi connectivity index (χ1v) is 13.3. The summed E-state index contributed by atoms with van der Waals surface area (Å²) in [4.78, 5) is 46.1. The van der Waals surface area contributed by atoms with Crippen LogP contribution >= 0.6 is 22.9 Å². The fraction of sp³-hybridized carbons (Fsp3) is 0.107. The predicted molar refractivity (Wildman–Crippen MR) is 150 cm³/mol. The molecule has 0 atom stereocenters. The molecule has 3 heterocycles. The number of halogens is 1. The van der Waals surface area contributed by atoms with Crippen LogP contribution in [0.1, 0.15) is 12.5 Å². The van der Waals surface area contributed by atoms with Crippen molar-refractivity contribution in [2.24, 2.45) is 0 Å². The zero-order valence-corrected chi connectivity index (χ0v) is 22.1. The zero-order chi connectivity index (χ0) is 27.1.